The molecular formula is C15H21N3O2. The van der Waals surface area contributed by atoms with Crippen molar-refractivity contribution in [2.24, 2.45) is 5.73 Å². The van der Waals surface area contributed by atoms with Crippen LogP contribution in [0.2, 0.25) is 0 Å². The second-order valence-corrected chi connectivity index (χ2v) is 4.53. The molecule has 0 fully saturated rings. The standard InChI is InChI=1S/C15H21N3O2/c1-19-14-4-3-13(5-6-16)11-15(14)20-10-2-8-18-9-7-17-12-18/h3-4,7,9,11-12H,2,5-6,8,10,16H2,1H3. The first-order chi connectivity index (χ1) is 9.83. The number of aryl methyl sites for hydroxylation is 1. The number of hydrogen-bond acceptors (Lipinski definition) is 4. The van der Waals surface area contributed by atoms with E-state index in [2.05, 4.69) is 4.98 Å². The third kappa shape index (κ3) is 3.99. The minimum Gasteiger partial charge on any atom is -0.493 e. The molecule has 1 heterocycles. The minimum absolute atomic E-state index is 0.631. The van der Waals surface area contributed by atoms with Gasteiger partial charge < -0.3 is 19.8 Å². The van der Waals surface area contributed by atoms with Gasteiger partial charge in [0.25, 0.3) is 0 Å². The van der Waals surface area contributed by atoms with E-state index >= 15 is 0 Å². The van der Waals surface area contributed by atoms with Gasteiger partial charge in [-0.1, -0.05) is 6.07 Å². The van der Waals surface area contributed by atoms with Crippen molar-refractivity contribution in [2.75, 3.05) is 20.3 Å². The number of ether oxygens (including phenoxy) is 2. The van der Waals surface area contributed by atoms with E-state index in [1.165, 1.54) is 0 Å². The maximum absolute atomic E-state index is 5.81. The van der Waals surface area contributed by atoms with E-state index in [1.807, 2.05) is 35.3 Å². The number of nitrogens with zero attached hydrogens (tertiary/aromatic N) is 2. The second-order valence-electron chi connectivity index (χ2n) is 4.53. The fraction of sp³-hybridized carbons (Fsp3) is 0.400. The summed E-state index contributed by atoms with van der Waals surface area (Å²) in [6.07, 6.45) is 7.29. The maximum atomic E-state index is 5.81. The normalized spacial score (nSPS) is 10.5. The fourth-order valence-electron chi connectivity index (χ4n) is 2.00. The van der Waals surface area contributed by atoms with Crippen molar-refractivity contribution in [1.82, 2.24) is 9.55 Å². The summed E-state index contributed by atoms with van der Waals surface area (Å²) >= 11 is 0. The van der Waals surface area contributed by atoms with E-state index in [0.29, 0.717) is 13.2 Å². The van der Waals surface area contributed by atoms with E-state index in [-0.39, 0.29) is 0 Å². The van der Waals surface area contributed by atoms with Crippen molar-refractivity contribution < 1.29 is 9.47 Å². The van der Waals surface area contributed by atoms with Crippen LogP contribution < -0.4 is 15.2 Å². The molecule has 1 aromatic carbocycles. The Balaban J connectivity index is 1.88. The molecule has 2 aromatic rings. The van der Waals surface area contributed by atoms with Gasteiger partial charge in [0.15, 0.2) is 11.5 Å². The number of aromatic nitrogens is 2. The molecule has 0 amide bonds. The summed E-state index contributed by atoms with van der Waals surface area (Å²) in [5.74, 6) is 1.54. The first kappa shape index (κ1) is 14.4. The van der Waals surface area contributed by atoms with E-state index < -0.39 is 0 Å². The monoisotopic (exact) mass is 275 g/mol. The molecule has 0 spiro atoms. The lowest BCUT2D eigenvalue weighted by Gasteiger charge is -2.12. The molecule has 0 saturated heterocycles. The molecule has 108 valence electrons. The van der Waals surface area contributed by atoms with Crippen LogP contribution in [0.5, 0.6) is 11.5 Å². The second kappa shape index (κ2) is 7.55. The van der Waals surface area contributed by atoms with Crippen molar-refractivity contribution in [3.63, 3.8) is 0 Å². The highest BCUT2D eigenvalue weighted by Crippen LogP contribution is 2.28. The van der Waals surface area contributed by atoms with Gasteiger partial charge in [-0.25, -0.2) is 4.98 Å². The van der Waals surface area contributed by atoms with Crippen LogP contribution >= 0.6 is 0 Å². The van der Waals surface area contributed by atoms with E-state index in [1.54, 1.807) is 13.3 Å². The molecule has 0 bridgehead atoms. The minimum atomic E-state index is 0.631. The number of nitrogens with two attached hydrogens (primary N) is 1. The number of hydrogen-bond donors (Lipinski definition) is 1. The van der Waals surface area contributed by atoms with Crippen LogP contribution in [0.4, 0.5) is 0 Å². The lowest BCUT2D eigenvalue weighted by molar-refractivity contribution is 0.282. The molecule has 0 aliphatic carbocycles. The van der Waals surface area contributed by atoms with Crippen LogP contribution in [0.3, 0.4) is 0 Å². The Morgan fingerprint density at radius 3 is 2.90 bits per heavy atom. The first-order valence-corrected chi connectivity index (χ1v) is 6.79. The molecular weight excluding hydrogens is 254 g/mol. The van der Waals surface area contributed by atoms with Gasteiger partial charge in [0, 0.05) is 18.9 Å². The molecule has 0 aliphatic rings. The third-order valence-corrected chi connectivity index (χ3v) is 3.04. The van der Waals surface area contributed by atoms with Gasteiger partial charge in [-0.05, 0) is 37.1 Å². The van der Waals surface area contributed by atoms with Crippen LogP contribution in [0.15, 0.2) is 36.9 Å². The zero-order chi connectivity index (χ0) is 14.2. The molecule has 0 radical (unpaired) electrons. The lowest BCUT2D eigenvalue weighted by atomic mass is 10.1. The Labute approximate surface area is 119 Å². The van der Waals surface area contributed by atoms with Crippen LogP contribution in [-0.2, 0) is 13.0 Å². The predicted octanol–water partition coefficient (Wildman–Crippen LogP) is 1.86. The summed E-state index contributed by atoms with van der Waals surface area (Å²) in [5.41, 5.74) is 6.74. The quantitative estimate of drug-likeness (QED) is 0.747. The van der Waals surface area contributed by atoms with Crippen LogP contribution in [-0.4, -0.2) is 29.8 Å². The van der Waals surface area contributed by atoms with Crippen molar-refractivity contribution in [3.8, 4) is 11.5 Å². The fourth-order valence-corrected chi connectivity index (χ4v) is 2.00. The highest BCUT2D eigenvalue weighted by atomic mass is 16.5. The molecule has 2 rings (SSSR count). The summed E-state index contributed by atoms with van der Waals surface area (Å²) in [6, 6.07) is 5.95. The molecule has 1 aromatic heterocycles. The van der Waals surface area contributed by atoms with Crippen LogP contribution in [0, 0.1) is 0 Å². The molecule has 2 N–H and O–H groups in total. The molecule has 0 atom stereocenters. The van der Waals surface area contributed by atoms with Gasteiger partial charge in [-0.15, -0.1) is 0 Å². The first-order valence-electron chi connectivity index (χ1n) is 6.79. The van der Waals surface area contributed by atoms with Gasteiger partial charge in [0.05, 0.1) is 20.0 Å². The SMILES string of the molecule is COc1ccc(CCN)cc1OCCCn1ccnc1. The average molecular weight is 275 g/mol. The molecule has 0 saturated carbocycles. The molecule has 5 heteroatoms. The van der Waals surface area contributed by atoms with Gasteiger partial charge in [-0.3, -0.25) is 0 Å². The summed E-state index contributed by atoms with van der Waals surface area (Å²) in [7, 11) is 1.65. The predicted molar refractivity (Wildman–Crippen MR) is 78.1 cm³/mol. The topological polar surface area (TPSA) is 62.3 Å². The van der Waals surface area contributed by atoms with Crippen LogP contribution in [0.25, 0.3) is 0 Å². The summed E-state index contributed by atoms with van der Waals surface area (Å²) in [6.45, 7) is 2.16. The van der Waals surface area contributed by atoms with Crippen molar-refractivity contribution in [3.05, 3.63) is 42.5 Å². The van der Waals surface area contributed by atoms with Crippen LogP contribution in [0.1, 0.15) is 12.0 Å². The zero-order valence-electron chi connectivity index (χ0n) is 11.8. The van der Waals surface area contributed by atoms with Crippen molar-refractivity contribution >= 4 is 0 Å². The third-order valence-electron chi connectivity index (χ3n) is 3.04. The number of imidazole rings is 1. The lowest BCUT2D eigenvalue weighted by Crippen LogP contribution is -2.06. The van der Waals surface area contributed by atoms with E-state index in [9.17, 15) is 0 Å². The van der Waals surface area contributed by atoms with Gasteiger partial charge in [0.2, 0.25) is 0 Å². The highest BCUT2D eigenvalue weighted by molar-refractivity contribution is 5.43. The zero-order valence-corrected chi connectivity index (χ0v) is 11.8. The van der Waals surface area contributed by atoms with Gasteiger partial charge in [0.1, 0.15) is 0 Å². The Morgan fingerprint density at radius 1 is 1.30 bits per heavy atom. The smallest absolute Gasteiger partial charge is 0.161 e. The summed E-state index contributed by atoms with van der Waals surface area (Å²) < 4.78 is 13.2. The highest BCUT2D eigenvalue weighted by Gasteiger charge is 2.05. The molecule has 20 heavy (non-hydrogen) atoms. The maximum Gasteiger partial charge on any atom is 0.161 e. The van der Waals surface area contributed by atoms with E-state index in [0.717, 1.165) is 36.4 Å². The molecule has 0 unspecified atom stereocenters. The van der Waals surface area contributed by atoms with Crippen molar-refractivity contribution in [2.45, 2.75) is 19.4 Å². The Hall–Kier alpha value is -2.01. The number of benzene rings is 1. The number of methoxy groups -OCH3 is 1. The van der Waals surface area contributed by atoms with Gasteiger partial charge in [-0.2, -0.15) is 0 Å². The molecule has 0 aliphatic heterocycles. The van der Waals surface area contributed by atoms with Gasteiger partial charge >= 0.3 is 0 Å². The number of rotatable bonds is 8. The molecule has 5 nitrogen and oxygen atoms in total. The Bertz CT molecular complexity index is 512. The summed E-state index contributed by atoms with van der Waals surface area (Å²) in [4.78, 5) is 4.01. The van der Waals surface area contributed by atoms with Crippen molar-refractivity contribution in [1.29, 1.82) is 0 Å². The summed E-state index contributed by atoms with van der Waals surface area (Å²) in [5, 5.41) is 0. The Morgan fingerprint density at radius 2 is 2.20 bits per heavy atom. The largest absolute Gasteiger partial charge is 0.493 e. The average Bonchev–Trinajstić information content (AvgIpc) is 2.97. The van der Waals surface area contributed by atoms with E-state index in [4.69, 9.17) is 15.2 Å². The Kier molecular flexibility index (Phi) is 5.43.